The van der Waals surface area contributed by atoms with Crippen LogP contribution >= 0.6 is 0 Å². The number of nitrogens with two attached hydrogens (primary N) is 1. The third-order valence-electron chi connectivity index (χ3n) is 12.9. The molecule has 36 nitrogen and oxygen atoms in total. The molecule has 0 rings (SSSR count). The summed E-state index contributed by atoms with van der Waals surface area (Å²) in [7, 11) is 0. The van der Waals surface area contributed by atoms with Crippen molar-refractivity contribution in [3.05, 3.63) is 0 Å². The molecular weight excluding hydrogens is 1180 g/mol. The molecule has 0 aliphatic rings. The van der Waals surface area contributed by atoms with Gasteiger partial charge in [-0.3, -0.25) is 86.3 Å². The highest BCUT2D eigenvalue weighted by Crippen LogP contribution is 2.00. The molecule has 500 valence electrons. The SMILES string of the molecule is CC(=O)N[C@@H](C)C(=O)N[C@@H](C)C(=O)N[C@@H](C)C(=O)N[C@@H](C)C(=O)N[C@@H](C)C(=O)N[C@@H](C)C(=O)N[C@@H](C)C(=O)N[C@@H](C)C(=O)N[C@@H](C)C(=O)N[C@@H](C)C(=O)N[C@@H](C)C(=O)N[C@@H](C)C(=O)N[C@@H](C)C(=O)N[C@@H](C)C(=O)N[C@@H](C)C(=O)N[C@@H](C)C(=O)N[C@@H](C)C(N)=O. The van der Waals surface area contributed by atoms with Gasteiger partial charge in [-0.05, 0) is 118 Å². The van der Waals surface area contributed by atoms with Gasteiger partial charge in [0.1, 0.15) is 103 Å². The van der Waals surface area contributed by atoms with E-state index in [9.17, 15) is 86.3 Å². The summed E-state index contributed by atoms with van der Waals surface area (Å²) < 4.78 is 0. The Morgan fingerprint density at radius 2 is 0.247 bits per heavy atom. The molecule has 0 spiro atoms. The molecule has 17 atom stereocenters. The maximum absolute atomic E-state index is 13.0. The first-order valence-corrected chi connectivity index (χ1v) is 28.3. The molecule has 0 radical (unpaired) electrons. The zero-order valence-corrected chi connectivity index (χ0v) is 53.2. The second-order valence-corrected chi connectivity index (χ2v) is 21.5. The standard InChI is InChI=1S/C53H90N18O18/c1-19(37(54)73)56-39(75)21(3)58-41(77)23(5)60-43(79)25(7)62-45(81)27(9)64-47(83)29(11)66-49(85)31(13)68-51(87)33(15)70-53(89)35(17)71-52(88)34(16)69-50(86)32(14)67-48(84)30(12)65-46(82)28(10)63-44(80)26(8)61-42(78)24(6)59-40(76)22(4)57-38(74)20(2)55-36(18)72/h19-35H,1-18H3,(H2,54,73)(H,55,72)(H,56,75)(H,57,74)(H,58,77)(H,59,76)(H,60,79)(H,61,78)(H,62,81)(H,63,80)(H,64,83)(H,65,82)(H,66,85)(H,67,84)(H,68,87)(H,69,86)(H,70,89)(H,71,88)/t19-,20-,21-,22-,23-,24-,25-,26-,27-,28-,29-,30-,31-,32-,33-,34-,35-/m0/s1. The number of hydrogen-bond acceptors (Lipinski definition) is 18. The first kappa shape index (κ1) is 79.5. The van der Waals surface area contributed by atoms with Crippen LogP contribution in [0.4, 0.5) is 0 Å². The third-order valence-corrected chi connectivity index (χ3v) is 12.9. The fraction of sp³-hybridized carbons (Fsp3) is 0.660. The quantitative estimate of drug-likeness (QED) is 0.0284. The Balaban J connectivity index is 5.01. The molecule has 0 bridgehead atoms. The highest BCUT2D eigenvalue weighted by molar-refractivity contribution is 6.00. The van der Waals surface area contributed by atoms with E-state index < -0.39 is 209 Å². The van der Waals surface area contributed by atoms with Crippen LogP contribution in [0, 0.1) is 0 Å². The summed E-state index contributed by atoms with van der Waals surface area (Å²) in [5.41, 5.74) is 5.13. The van der Waals surface area contributed by atoms with Gasteiger partial charge in [0.15, 0.2) is 0 Å². The number of carbonyl (C=O) groups is 18. The van der Waals surface area contributed by atoms with Gasteiger partial charge in [0.05, 0.1) is 0 Å². The Hall–Kier alpha value is -9.54. The lowest BCUT2D eigenvalue weighted by Crippen LogP contribution is -2.59. The summed E-state index contributed by atoms with van der Waals surface area (Å²) in [6.45, 7) is 23.4. The third kappa shape index (κ3) is 28.7. The molecule has 0 fully saturated rings. The fourth-order valence-corrected chi connectivity index (χ4v) is 6.84. The van der Waals surface area contributed by atoms with Gasteiger partial charge in [0.2, 0.25) is 106 Å². The molecule has 0 aliphatic carbocycles. The summed E-state index contributed by atoms with van der Waals surface area (Å²) in [6, 6.07) is -20.4. The minimum atomic E-state index is -1.29. The maximum Gasteiger partial charge on any atom is 0.242 e. The predicted molar refractivity (Wildman–Crippen MR) is 314 cm³/mol. The van der Waals surface area contributed by atoms with Gasteiger partial charge < -0.3 is 96.1 Å². The summed E-state index contributed by atoms with van der Waals surface area (Å²) in [6.07, 6.45) is 0. The van der Waals surface area contributed by atoms with Gasteiger partial charge in [-0.15, -0.1) is 0 Å². The normalized spacial score (nSPS) is 16.5. The van der Waals surface area contributed by atoms with Crippen LogP contribution in [0.3, 0.4) is 0 Å². The van der Waals surface area contributed by atoms with Gasteiger partial charge in [0, 0.05) is 6.92 Å². The smallest absolute Gasteiger partial charge is 0.242 e. The first-order chi connectivity index (χ1) is 40.9. The molecule has 36 heteroatoms. The van der Waals surface area contributed by atoms with E-state index in [4.69, 9.17) is 5.73 Å². The Labute approximate surface area is 514 Å². The molecule has 19 N–H and O–H groups in total. The molecule has 0 heterocycles. The summed E-state index contributed by atoms with van der Waals surface area (Å²) in [5.74, 6) is -14.1. The lowest BCUT2D eigenvalue weighted by Gasteiger charge is -2.24. The minimum Gasteiger partial charge on any atom is -0.368 e. The monoisotopic (exact) mass is 1270 g/mol. The fourth-order valence-electron chi connectivity index (χ4n) is 6.84. The van der Waals surface area contributed by atoms with Crippen LogP contribution in [-0.4, -0.2) is 209 Å². The summed E-state index contributed by atoms with van der Waals surface area (Å²) >= 11 is 0. The second kappa shape index (κ2) is 37.2. The Kier molecular flexibility index (Phi) is 33.2. The van der Waals surface area contributed by atoms with Crippen LogP contribution in [0.25, 0.3) is 0 Å². The van der Waals surface area contributed by atoms with E-state index in [0.717, 1.165) is 0 Å². The van der Waals surface area contributed by atoms with E-state index in [0.29, 0.717) is 0 Å². The number of rotatable bonds is 34. The van der Waals surface area contributed by atoms with E-state index in [2.05, 4.69) is 90.4 Å². The van der Waals surface area contributed by atoms with Crippen LogP contribution in [0.2, 0.25) is 0 Å². The number of nitrogens with one attached hydrogen (secondary N) is 17. The summed E-state index contributed by atoms with van der Waals surface area (Å²) in [4.78, 5) is 227. The van der Waals surface area contributed by atoms with E-state index in [-0.39, 0.29) is 0 Å². The number of primary amides is 1. The van der Waals surface area contributed by atoms with Gasteiger partial charge >= 0.3 is 0 Å². The Morgan fingerprint density at radius 1 is 0.169 bits per heavy atom. The van der Waals surface area contributed by atoms with E-state index in [1.807, 2.05) is 0 Å². The first-order valence-electron chi connectivity index (χ1n) is 28.3. The van der Waals surface area contributed by atoms with E-state index >= 15 is 0 Å². The van der Waals surface area contributed by atoms with Crippen LogP contribution < -0.4 is 96.1 Å². The van der Waals surface area contributed by atoms with Crippen LogP contribution in [0.15, 0.2) is 0 Å². The minimum absolute atomic E-state index is 0.459. The molecule has 18 amide bonds. The molecular formula is C53H90N18O18. The van der Waals surface area contributed by atoms with Crippen molar-refractivity contribution < 1.29 is 86.3 Å². The molecule has 0 aromatic heterocycles. The van der Waals surface area contributed by atoms with Gasteiger partial charge in [-0.2, -0.15) is 0 Å². The van der Waals surface area contributed by atoms with Crippen LogP contribution in [0.5, 0.6) is 0 Å². The van der Waals surface area contributed by atoms with Crippen LogP contribution in [0.1, 0.15) is 125 Å². The number of amides is 18. The van der Waals surface area contributed by atoms with Gasteiger partial charge in [-0.25, -0.2) is 0 Å². The van der Waals surface area contributed by atoms with Crippen molar-refractivity contribution in [2.24, 2.45) is 5.73 Å². The predicted octanol–water partition coefficient (Wildman–Crippen LogP) is -8.93. The van der Waals surface area contributed by atoms with Crippen molar-refractivity contribution in [2.75, 3.05) is 0 Å². The number of carbonyl (C=O) groups excluding carboxylic acids is 18. The molecule has 0 unspecified atom stereocenters. The zero-order chi connectivity index (χ0) is 69.2. The average molecular weight is 1270 g/mol. The molecule has 89 heavy (non-hydrogen) atoms. The van der Waals surface area contributed by atoms with Crippen molar-refractivity contribution in [1.29, 1.82) is 0 Å². The second-order valence-electron chi connectivity index (χ2n) is 21.5. The maximum atomic E-state index is 13.0. The van der Waals surface area contributed by atoms with Crippen molar-refractivity contribution >= 4 is 106 Å². The molecule has 0 saturated carbocycles. The zero-order valence-electron chi connectivity index (χ0n) is 53.2. The molecule has 0 saturated heterocycles. The molecule has 0 aromatic rings. The Morgan fingerprint density at radius 3 is 0.326 bits per heavy atom. The van der Waals surface area contributed by atoms with Crippen molar-refractivity contribution in [3.8, 4) is 0 Å². The highest BCUT2D eigenvalue weighted by Gasteiger charge is 2.32. The molecule has 0 aromatic carbocycles. The lowest BCUT2D eigenvalue weighted by molar-refractivity contribution is -0.135. The van der Waals surface area contributed by atoms with Gasteiger partial charge in [-0.1, -0.05) is 0 Å². The van der Waals surface area contributed by atoms with Crippen molar-refractivity contribution in [1.82, 2.24) is 90.4 Å². The van der Waals surface area contributed by atoms with E-state index in [1.54, 1.807) is 0 Å². The number of hydrogen-bond donors (Lipinski definition) is 18. The van der Waals surface area contributed by atoms with Crippen molar-refractivity contribution in [3.63, 3.8) is 0 Å². The van der Waals surface area contributed by atoms with Gasteiger partial charge in [0.25, 0.3) is 0 Å². The topological polar surface area (TPSA) is 538 Å². The Bertz CT molecular complexity index is 2680. The highest BCUT2D eigenvalue weighted by atomic mass is 16.2. The summed E-state index contributed by atoms with van der Waals surface area (Å²) in [5, 5.41) is 40.3. The van der Waals surface area contributed by atoms with Crippen molar-refractivity contribution in [2.45, 2.75) is 227 Å². The van der Waals surface area contributed by atoms with Crippen LogP contribution in [-0.2, 0) is 86.3 Å². The average Bonchev–Trinajstić information content (AvgIpc) is 3.55. The molecule has 0 aliphatic heterocycles. The van der Waals surface area contributed by atoms with E-state index in [1.165, 1.54) is 125 Å². The lowest BCUT2D eigenvalue weighted by atomic mass is 10.2. The largest absolute Gasteiger partial charge is 0.368 e.